The van der Waals surface area contributed by atoms with Gasteiger partial charge in [0.25, 0.3) is 11.8 Å². The third-order valence-electron chi connectivity index (χ3n) is 5.28. The van der Waals surface area contributed by atoms with Gasteiger partial charge in [-0.3, -0.25) is 9.59 Å². The molecule has 1 aromatic rings. The topological polar surface area (TPSA) is 102 Å². The van der Waals surface area contributed by atoms with Crippen LogP contribution in [0.3, 0.4) is 0 Å². The first kappa shape index (κ1) is 24.3. The van der Waals surface area contributed by atoms with Crippen molar-refractivity contribution in [3.63, 3.8) is 0 Å². The molecule has 0 aromatic heterocycles. The summed E-state index contributed by atoms with van der Waals surface area (Å²) < 4.78 is 5.07. The maximum Gasteiger partial charge on any atom is 0.253 e. The Morgan fingerprint density at radius 2 is 1.97 bits per heavy atom. The number of aliphatic hydroxyl groups is 2. The van der Waals surface area contributed by atoms with Crippen molar-refractivity contribution in [2.45, 2.75) is 44.8 Å². The minimum Gasteiger partial charge on any atom is -0.394 e. The molecule has 0 spiro atoms. The normalized spacial score (nSPS) is 16.7. The van der Waals surface area contributed by atoms with E-state index in [1.165, 1.54) is 12.0 Å². The molecule has 0 saturated heterocycles. The van der Waals surface area contributed by atoms with Gasteiger partial charge in [0.1, 0.15) is 6.61 Å². The number of hydrogen-bond acceptors (Lipinski definition) is 6. The van der Waals surface area contributed by atoms with Crippen LogP contribution in [0.5, 0.6) is 0 Å². The van der Waals surface area contributed by atoms with Crippen LogP contribution in [0.4, 0.5) is 5.69 Å². The van der Waals surface area contributed by atoms with Crippen LogP contribution in [-0.4, -0.2) is 80.0 Å². The summed E-state index contributed by atoms with van der Waals surface area (Å²) in [7, 11) is 3.10. The highest BCUT2D eigenvalue weighted by Gasteiger charge is 2.21. The molecule has 1 aliphatic heterocycles. The number of anilines is 1. The smallest absolute Gasteiger partial charge is 0.253 e. The summed E-state index contributed by atoms with van der Waals surface area (Å²) in [5.41, 5.74) is 2.15. The van der Waals surface area contributed by atoms with E-state index < -0.39 is 12.7 Å². The lowest BCUT2D eigenvalue weighted by molar-refractivity contribution is -0.122. The molecule has 2 rings (SSSR count). The lowest BCUT2D eigenvalue weighted by Gasteiger charge is -2.27. The molecule has 0 fully saturated rings. The van der Waals surface area contributed by atoms with Crippen molar-refractivity contribution in [3.8, 4) is 0 Å². The van der Waals surface area contributed by atoms with Gasteiger partial charge in [0.2, 0.25) is 0 Å². The van der Waals surface area contributed by atoms with Crippen LogP contribution in [0.25, 0.3) is 0 Å². The van der Waals surface area contributed by atoms with Crippen molar-refractivity contribution < 1.29 is 24.5 Å². The minimum atomic E-state index is -0.980. The largest absolute Gasteiger partial charge is 0.394 e. The van der Waals surface area contributed by atoms with Crippen molar-refractivity contribution in [1.82, 2.24) is 10.2 Å². The Kier molecular flexibility index (Phi) is 10.2. The molecule has 1 atom stereocenters. The summed E-state index contributed by atoms with van der Waals surface area (Å²) in [5, 5.41) is 22.1. The Balaban J connectivity index is 2.33. The zero-order valence-electron chi connectivity index (χ0n) is 18.1. The number of amides is 2. The van der Waals surface area contributed by atoms with Crippen LogP contribution >= 0.6 is 0 Å². The van der Waals surface area contributed by atoms with Crippen molar-refractivity contribution in [1.29, 1.82) is 0 Å². The van der Waals surface area contributed by atoms with Gasteiger partial charge in [-0.2, -0.15) is 0 Å². The third kappa shape index (κ3) is 7.05. The fourth-order valence-electron chi connectivity index (χ4n) is 3.65. The van der Waals surface area contributed by atoms with E-state index in [2.05, 4.69) is 5.32 Å². The van der Waals surface area contributed by atoms with Crippen molar-refractivity contribution in [2.24, 2.45) is 0 Å². The molecule has 0 bridgehead atoms. The molecule has 2 amide bonds. The number of fused-ring (bicyclic) bond motifs is 1. The lowest BCUT2D eigenvalue weighted by atomic mass is 10.0. The molecule has 8 nitrogen and oxygen atoms in total. The van der Waals surface area contributed by atoms with Gasteiger partial charge in [0.15, 0.2) is 0 Å². The average molecular weight is 422 g/mol. The number of hydrogen-bond donors (Lipinski definition) is 3. The first-order valence-corrected chi connectivity index (χ1v) is 10.6. The van der Waals surface area contributed by atoms with E-state index in [1.54, 1.807) is 18.0 Å². The maximum atomic E-state index is 12.8. The highest BCUT2D eigenvalue weighted by Crippen LogP contribution is 2.25. The van der Waals surface area contributed by atoms with Gasteiger partial charge < -0.3 is 30.1 Å². The lowest BCUT2D eigenvalue weighted by Crippen LogP contribution is -2.37. The van der Waals surface area contributed by atoms with Gasteiger partial charge >= 0.3 is 0 Å². The Labute approximate surface area is 178 Å². The second kappa shape index (κ2) is 12.6. The molecule has 1 aliphatic rings. The summed E-state index contributed by atoms with van der Waals surface area (Å²) in [4.78, 5) is 28.7. The predicted molar refractivity (Wildman–Crippen MR) is 116 cm³/mol. The van der Waals surface area contributed by atoms with E-state index in [0.717, 1.165) is 49.9 Å². The van der Waals surface area contributed by atoms with Crippen molar-refractivity contribution in [2.75, 3.05) is 51.9 Å². The second-order valence-electron chi connectivity index (χ2n) is 7.79. The monoisotopic (exact) mass is 421 g/mol. The summed E-state index contributed by atoms with van der Waals surface area (Å²) in [6.07, 6.45) is 4.42. The Morgan fingerprint density at radius 1 is 1.23 bits per heavy atom. The number of nitrogens with one attached hydrogen (secondary N) is 1. The number of aliphatic hydroxyl groups excluding tert-OH is 2. The highest BCUT2D eigenvalue weighted by atomic mass is 16.5. The van der Waals surface area contributed by atoms with Gasteiger partial charge in [-0.05, 0) is 43.1 Å². The van der Waals surface area contributed by atoms with Crippen LogP contribution in [0.2, 0.25) is 0 Å². The fourth-order valence-corrected chi connectivity index (χ4v) is 3.65. The van der Waals surface area contributed by atoms with Gasteiger partial charge in [-0.15, -0.1) is 0 Å². The van der Waals surface area contributed by atoms with E-state index in [-0.39, 0.29) is 25.0 Å². The molecule has 30 heavy (non-hydrogen) atoms. The SMILES string of the molecule is COCC(=O)N1CCCCCCCNCc2cc(C(=O)N(C)CC(O)CO)ccc21. The molecule has 0 saturated carbocycles. The minimum absolute atomic E-state index is 0.00926. The van der Waals surface area contributed by atoms with E-state index in [4.69, 9.17) is 9.84 Å². The van der Waals surface area contributed by atoms with Gasteiger partial charge in [0, 0.05) is 45.0 Å². The van der Waals surface area contributed by atoms with Crippen LogP contribution in [0, 0.1) is 0 Å². The molecule has 1 aromatic carbocycles. The fraction of sp³-hybridized carbons (Fsp3) is 0.636. The highest BCUT2D eigenvalue weighted by molar-refractivity contribution is 5.98. The van der Waals surface area contributed by atoms with E-state index in [1.807, 2.05) is 12.1 Å². The molecular formula is C22H35N3O5. The summed E-state index contributed by atoms with van der Waals surface area (Å²) >= 11 is 0. The van der Waals surface area contributed by atoms with E-state index in [9.17, 15) is 14.7 Å². The van der Waals surface area contributed by atoms with E-state index in [0.29, 0.717) is 18.7 Å². The first-order valence-electron chi connectivity index (χ1n) is 10.6. The standard InChI is InChI=1S/C22H35N3O5/c1-24(14-19(27)15-26)22(29)17-8-9-20-18(12-17)13-23-10-6-4-3-5-7-11-25(20)21(28)16-30-2/h8-9,12,19,23,26-27H,3-7,10-11,13-16H2,1-2H3. The predicted octanol–water partition coefficient (Wildman–Crippen LogP) is 1.14. The summed E-state index contributed by atoms with van der Waals surface area (Å²) in [6, 6.07) is 5.34. The second-order valence-corrected chi connectivity index (χ2v) is 7.79. The van der Waals surface area contributed by atoms with Crippen LogP contribution in [0.15, 0.2) is 18.2 Å². The number of carbonyl (C=O) groups is 2. The number of ether oxygens (including phenoxy) is 1. The number of methoxy groups -OCH3 is 1. The number of likely N-dealkylation sites (N-methyl/N-ethyl adjacent to an activating group) is 1. The number of nitrogens with zero attached hydrogens (tertiary/aromatic N) is 2. The average Bonchev–Trinajstić information content (AvgIpc) is 2.73. The van der Waals surface area contributed by atoms with Crippen molar-refractivity contribution in [3.05, 3.63) is 29.3 Å². The quantitative estimate of drug-likeness (QED) is 0.637. The van der Waals surface area contributed by atoms with E-state index >= 15 is 0 Å². The molecule has 0 radical (unpaired) electrons. The van der Waals surface area contributed by atoms with Crippen LogP contribution in [0.1, 0.15) is 48.0 Å². The zero-order chi connectivity index (χ0) is 21.9. The molecule has 168 valence electrons. The molecule has 1 unspecified atom stereocenters. The van der Waals surface area contributed by atoms with Gasteiger partial charge in [-0.25, -0.2) is 0 Å². The molecular weight excluding hydrogens is 386 g/mol. The summed E-state index contributed by atoms with van der Waals surface area (Å²) in [6.45, 7) is 1.70. The van der Waals surface area contributed by atoms with Crippen LogP contribution < -0.4 is 10.2 Å². The molecule has 1 heterocycles. The maximum absolute atomic E-state index is 12.8. The van der Waals surface area contributed by atoms with Gasteiger partial charge in [-0.1, -0.05) is 19.3 Å². The zero-order valence-corrected chi connectivity index (χ0v) is 18.1. The number of rotatable bonds is 6. The Morgan fingerprint density at radius 3 is 2.70 bits per heavy atom. The van der Waals surface area contributed by atoms with Crippen LogP contribution in [-0.2, 0) is 16.1 Å². The summed E-state index contributed by atoms with van der Waals surface area (Å²) in [5.74, 6) is -0.343. The number of carbonyl (C=O) groups excluding carboxylic acids is 2. The number of benzene rings is 1. The first-order chi connectivity index (χ1) is 14.5. The van der Waals surface area contributed by atoms with Crippen molar-refractivity contribution >= 4 is 17.5 Å². The molecule has 0 aliphatic carbocycles. The molecule has 3 N–H and O–H groups in total. The van der Waals surface area contributed by atoms with Gasteiger partial charge in [0.05, 0.1) is 12.7 Å². The Bertz CT molecular complexity index is 697. The Hall–Kier alpha value is -2.00. The third-order valence-corrected chi connectivity index (χ3v) is 5.28. The molecule has 8 heteroatoms.